The van der Waals surface area contributed by atoms with Crippen LogP contribution >= 0.6 is 11.3 Å². The standard InChI is InChI=1S/C21H25N3O3S/c1-2-17-16-10-13-28-19(16)9-11-24(17)21(26)23-15-7-5-14(6-8-15)22-20(25)18-4-3-12-27-18/h5-8,10,13,17-18H,2-4,9,11-12H2,1H3,(H,22,25)(H,23,26)/t17-,18-/m1/s1. The zero-order chi connectivity index (χ0) is 19.5. The van der Waals surface area contributed by atoms with Gasteiger partial charge in [-0.25, -0.2) is 4.79 Å². The Morgan fingerprint density at radius 2 is 1.93 bits per heavy atom. The molecule has 28 heavy (non-hydrogen) atoms. The number of hydrogen-bond donors (Lipinski definition) is 2. The first-order valence-electron chi connectivity index (χ1n) is 9.82. The van der Waals surface area contributed by atoms with Crippen molar-refractivity contribution in [2.45, 2.75) is 44.8 Å². The van der Waals surface area contributed by atoms with Crippen molar-refractivity contribution in [3.63, 3.8) is 0 Å². The van der Waals surface area contributed by atoms with Gasteiger partial charge in [-0.3, -0.25) is 4.79 Å². The highest BCUT2D eigenvalue weighted by atomic mass is 32.1. The Balaban J connectivity index is 1.37. The Kier molecular flexibility index (Phi) is 5.64. The summed E-state index contributed by atoms with van der Waals surface area (Å²) in [6.07, 6.45) is 3.13. The lowest BCUT2D eigenvalue weighted by molar-refractivity contribution is -0.124. The fraction of sp³-hybridized carbons (Fsp3) is 0.429. The molecule has 0 bridgehead atoms. The molecular weight excluding hydrogens is 374 g/mol. The van der Waals surface area contributed by atoms with Crippen LogP contribution in [0.3, 0.4) is 0 Å². The predicted molar refractivity (Wildman–Crippen MR) is 111 cm³/mol. The monoisotopic (exact) mass is 399 g/mol. The van der Waals surface area contributed by atoms with E-state index in [2.05, 4.69) is 29.0 Å². The number of carbonyl (C=O) groups is 2. The molecule has 2 aliphatic rings. The largest absolute Gasteiger partial charge is 0.368 e. The van der Waals surface area contributed by atoms with E-state index < -0.39 is 0 Å². The second-order valence-electron chi connectivity index (χ2n) is 7.16. The van der Waals surface area contributed by atoms with Crippen LogP contribution in [-0.2, 0) is 16.0 Å². The van der Waals surface area contributed by atoms with E-state index in [0.29, 0.717) is 18.0 Å². The van der Waals surface area contributed by atoms with Crippen LogP contribution in [0.4, 0.5) is 16.2 Å². The summed E-state index contributed by atoms with van der Waals surface area (Å²) >= 11 is 1.78. The van der Waals surface area contributed by atoms with Crippen molar-refractivity contribution in [3.8, 4) is 0 Å². The third kappa shape index (κ3) is 3.91. The van der Waals surface area contributed by atoms with Gasteiger partial charge in [0.2, 0.25) is 0 Å². The molecule has 1 saturated heterocycles. The minimum absolute atomic E-state index is 0.0835. The topological polar surface area (TPSA) is 70.7 Å². The fourth-order valence-electron chi connectivity index (χ4n) is 3.92. The molecule has 4 rings (SSSR count). The molecule has 0 saturated carbocycles. The number of ether oxygens (including phenoxy) is 1. The van der Waals surface area contributed by atoms with Crippen molar-refractivity contribution in [2.24, 2.45) is 0 Å². The first-order valence-corrected chi connectivity index (χ1v) is 10.7. The van der Waals surface area contributed by atoms with Crippen LogP contribution in [0.1, 0.15) is 42.7 Å². The molecule has 1 aromatic heterocycles. The maximum absolute atomic E-state index is 12.8. The molecule has 2 aliphatic heterocycles. The lowest BCUT2D eigenvalue weighted by Gasteiger charge is -2.35. The number of anilines is 2. The Morgan fingerprint density at radius 3 is 2.61 bits per heavy atom. The number of thiophene rings is 1. The normalized spacial score (nSPS) is 21.2. The molecule has 0 unspecified atom stereocenters. The van der Waals surface area contributed by atoms with E-state index in [1.165, 1.54) is 10.4 Å². The zero-order valence-corrected chi connectivity index (χ0v) is 16.8. The van der Waals surface area contributed by atoms with Gasteiger partial charge in [0.25, 0.3) is 5.91 Å². The molecule has 6 nitrogen and oxygen atoms in total. The van der Waals surface area contributed by atoms with E-state index in [9.17, 15) is 9.59 Å². The summed E-state index contributed by atoms with van der Waals surface area (Å²) in [7, 11) is 0. The van der Waals surface area contributed by atoms with Crippen LogP contribution in [0.2, 0.25) is 0 Å². The van der Waals surface area contributed by atoms with E-state index in [-0.39, 0.29) is 24.1 Å². The number of urea groups is 1. The molecule has 3 amide bonds. The Bertz CT molecular complexity index is 843. The van der Waals surface area contributed by atoms with Crippen LogP contribution < -0.4 is 10.6 Å². The quantitative estimate of drug-likeness (QED) is 0.800. The van der Waals surface area contributed by atoms with Crippen molar-refractivity contribution in [3.05, 3.63) is 46.2 Å². The van der Waals surface area contributed by atoms with Gasteiger partial charge in [0.15, 0.2) is 0 Å². The number of carbonyl (C=O) groups excluding carboxylic acids is 2. The molecular formula is C21H25N3O3S. The second kappa shape index (κ2) is 8.32. The number of fused-ring (bicyclic) bond motifs is 1. The number of amides is 3. The van der Waals surface area contributed by atoms with Crippen LogP contribution in [0.5, 0.6) is 0 Å². The molecule has 0 radical (unpaired) electrons. The average Bonchev–Trinajstić information content (AvgIpc) is 3.40. The molecule has 148 valence electrons. The molecule has 0 spiro atoms. The molecule has 1 aromatic carbocycles. The summed E-state index contributed by atoms with van der Waals surface area (Å²) in [5, 5.41) is 7.96. The van der Waals surface area contributed by atoms with E-state index in [4.69, 9.17) is 4.74 Å². The number of nitrogens with one attached hydrogen (secondary N) is 2. The Labute approximate surface area is 168 Å². The summed E-state index contributed by atoms with van der Waals surface area (Å²) in [4.78, 5) is 28.3. The fourth-order valence-corrected chi connectivity index (χ4v) is 4.85. The van der Waals surface area contributed by atoms with E-state index in [1.807, 2.05) is 17.0 Å². The Hall–Kier alpha value is -2.38. The smallest absolute Gasteiger partial charge is 0.322 e. The van der Waals surface area contributed by atoms with E-state index >= 15 is 0 Å². The minimum Gasteiger partial charge on any atom is -0.368 e. The predicted octanol–water partition coefficient (Wildman–Crippen LogP) is 4.41. The van der Waals surface area contributed by atoms with Gasteiger partial charge in [-0.05, 0) is 67.0 Å². The second-order valence-corrected chi connectivity index (χ2v) is 8.17. The van der Waals surface area contributed by atoms with Gasteiger partial charge in [-0.2, -0.15) is 0 Å². The van der Waals surface area contributed by atoms with Gasteiger partial charge in [-0.1, -0.05) is 6.92 Å². The summed E-state index contributed by atoms with van der Waals surface area (Å²) in [5.41, 5.74) is 2.69. The van der Waals surface area contributed by atoms with Gasteiger partial charge >= 0.3 is 6.03 Å². The minimum atomic E-state index is -0.355. The van der Waals surface area contributed by atoms with E-state index in [0.717, 1.165) is 32.2 Å². The van der Waals surface area contributed by atoms with Crippen molar-refractivity contribution in [1.82, 2.24) is 4.90 Å². The number of hydrogen-bond acceptors (Lipinski definition) is 4. The van der Waals surface area contributed by atoms with Crippen LogP contribution in [-0.4, -0.2) is 36.1 Å². The third-order valence-corrected chi connectivity index (χ3v) is 6.36. The van der Waals surface area contributed by atoms with Crippen molar-refractivity contribution in [1.29, 1.82) is 0 Å². The lowest BCUT2D eigenvalue weighted by Crippen LogP contribution is -2.41. The maximum atomic E-state index is 12.8. The van der Waals surface area contributed by atoms with Crippen molar-refractivity contribution < 1.29 is 14.3 Å². The summed E-state index contributed by atoms with van der Waals surface area (Å²) < 4.78 is 5.40. The van der Waals surface area contributed by atoms with Gasteiger partial charge in [-0.15, -0.1) is 11.3 Å². The highest BCUT2D eigenvalue weighted by Gasteiger charge is 2.30. The third-order valence-electron chi connectivity index (χ3n) is 5.37. The van der Waals surface area contributed by atoms with E-state index in [1.54, 1.807) is 23.5 Å². The van der Waals surface area contributed by atoms with Gasteiger partial charge < -0.3 is 20.3 Å². The first kappa shape index (κ1) is 19.0. The average molecular weight is 400 g/mol. The molecule has 1 fully saturated rings. The van der Waals surface area contributed by atoms with Gasteiger partial charge in [0, 0.05) is 29.4 Å². The molecule has 2 N–H and O–H groups in total. The SMILES string of the molecule is CC[C@@H]1c2ccsc2CCN1C(=O)Nc1ccc(NC(=O)[C@H]2CCCO2)cc1. The summed E-state index contributed by atoms with van der Waals surface area (Å²) in [6.45, 7) is 3.49. The molecule has 7 heteroatoms. The summed E-state index contributed by atoms with van der Waals surface area (Å²) in [5.74, 6) is -0.111. The van der Waals surface area contributed by atoms with Gasteiger partial charge in [0.05, 0.1) is 6.04 Å². The summed E-state index contributed by atoms with van der Waals surface area (Å²) in [6, 6.07) is 9.40. The van der Waals surface area contributed by atoms with Crippen molar-refractivity contribution >= 4 is 34.6 Å². The molecule has 2 aromatic rings. The maximum Gasteiger partial charge on any atom is 0.322 e. The zero-order valence-electron chi connectivity index (χ0n) is 15.9. The molecule has 3 heterocycles. The Morgan fingerprint density at radius 1 is 1.18 bits per heavy atom. The highest BCUT2D eigenvalue weighted by molar-refractivity contribution is 7.10. The van der Waals surface area contributed by atoms with Gasteiger partial charge in [0.1, 0.15) is 6.10 Å². The molecule has 2 atom stereocenters. The molecule has 0 aliphatic carbocycles. The highest BCUT2D eigenvalue weighted by Crippen LogP contribution is 2.35. The van der Waals surface area contributed by atoms with Crippen LogP contribution in [0.25, 0.3) is 0 Å². The first-order chi connectivity index (χ1) is 13.7. The number of rotatable bonds is 4. The van der Waals surface area contributed by atoms with Crippen LogP contribution in [0, 0.1) is 0 Å². The number of nitrogens with zero attached hydrogens (tertiary/aromatic N) is 1. The van der Waals surface area contributed by atoms with Crippen molar-refractivity contribution in [2.75, 3.05) is 23.8 Å². The van der Waals surface area contributed by atoms with Crippen LogP contribution in [0.15, 0.2) is 35.7 Å². The lowest BCUT2D eigenvalue weighted by atomic mass is 9.98. The number of benzene rings is 1.